The molecule has 0 saturated carbocycles. The monoisotopic (exact) mass is 406 g/mol. The Labute approximate surface area is 167 Å². The number of rotatable bonds is 15. The fraction of sp³-hybridized carbons (Fsp3) is 0.812. The van der Waals surface area contributed by atoms with Gasteiger partial charge in [-0.3, -0.25) is 14.7 Å². The van der Waals surface area contributed by atoms with Crippen molar-refractivity contribution in [2.45, 2.75) is 7.43 Å². The summed E-state index contributed by atoms with van der Waals surface area (Å²) < 4.78 is 31.3. The predicted molar refractivity (Wildman–Crippen MR) is 105 cm³/mol. The third-order valence-corrected chi connectivity index (χ3v) is 3.16. The lowest BCUT2D eigenvalue weighted by molar-refractivity contribution is 0.134. The first-order valence-electron chi connectivity index (χ1n) is 8.09. The highest BCUT2D eigenvalue weighted by Gasteiger charge is 2.20. The van der Waals surface area contributed by atoms with E-state index in [4.69, 9.17) is 28.4 Å². The SMILES string of the molecule is C.COCN(COC)c1nc(N(COC)COC)nc(N(COC)COC)n1. The quantitative estimate of drug-likeness (QED) is 0.380. The summed E-state index contributed by atoms with van der Waals surface area (Å²) in [7, 11) is 9.48. The van der Waals surface area contributed by atoms with Gasteiger partial charge in [0, 0.05) is 42.7 Å². The first-order chi connectivity index (χ1) is 13.1. The summed E-state index contributed by atoms with van der Waals surface area (Å²) in [5.74, 6) is 1.11. The molecule has 164 valence electrons. The molecule has 28 heavy (non-hydrogen) atoms. The maximum absolute atomic E-state index is 5.22. The number of hydrogen-bond acceptors (Lipinski definition) is 12. The Morgan fingerprint density at radius 2 is 0.643 bits per heavy atom. The van der Waals surface area contributed by atoms with Gasteiger partial charge in [-0.25, -0.2) is 0 Å². The number of anilines is 3. The van der Waals surface area contributed by atoms with Gasteiger partial charge in [-0.1, -0.05) is 7.43 Å². The molecular formula is C16H34N6O6. The summed E-state index contributed by atoms with van der Waals surface area (Å²) in [6, 6.07) is 0. The van der Waals surface area contributed by atoms with E-state index in [-0.39, 0.29) is 47.8 Å². The van der Waals surface area contributed by atoms with Crippen molar-refractivity contribution in [2.75, 3.05) is 97.7 Å². The Balaban J connectivity index is 0.00000729. The van der Waals surface area contributed by atoms with Gasteiger partial charge in [0.15, 0.2) is 0 Å². The lowest BCUT2D eigenvalue weighted by atomic mass is 10.6. The molecule has 0 N–H and O–H groups in total. The van der Waals surface area contributed by atoms with Crippen LogP contribution >= 0.6 is 0 Å². The van der Waals surface area contributed by atoms with Crippen LogP contribution in [0.2, 0.25) is 0 Å². The smallest absolute Gasteiger partial charge is 0.235 e. The third-order valence-electron chi connectivity index (χ3n) is 3.16. The molecule has 0 spiro atoms. The van der Waals surface area contributed by atoms with E-state index in [1.165, 1.54) is 0 Å². The molecule has 0 unspecified atom stereocenters. The van der Waals surface area contributed by atoms with Gasteiger partial charge in [-0.05, 0) is 0 Å². The second-order valence-electron chi connectivity index (χ2n) is 5.36. The normalized spacial score (nSPS) is 10.5. The van der Waals surface area contributed by atoms with Gasteiger partial charge in [0.25, 0.3) is 0 Å². The molecule has 0 aliphatic carbocycles. The van der Waals surface area contributed by atoms with Gasteiger partial charge in [0.05, 0.1) is 0 Å². The lowest BCUT2D eigenvalue weighted by Crippen LogP contribution is -2.36. The van der Waals surface area contributed by atoms with E-state index >= 15 is 0 Å². The summed E-state index contributed by atoms with van der Waals surface area (Å²) >= 11 is 0. The highest BCUT2D eigenvalue weighted by Crippen LogP contribution is 2.19. The van der Waals surface area contributed by atoms with Crippen molar-refractivity contribution < 1.29 is 28.4 Å². The zero-order chi connectivity index (χ0) is 20.1. The molecule has 0 aliphatic rings. The first-order valence-corrected chi connectivity index (χ1v) is 8.09. The summed E-state index contributed by atoms with van der Waals surface area (Å²) in [4.78, 5) is 18.7. The topological polar surface area (TPSA) is 104 Å². The van der Waals surface area contributed by atoms with Crippen molar-refractivity contribution in [2.24, 2.45) is 0 Å². The van der Waals surface area contributed by atoms with E-state index in [0.717, 1.165) is 0 Å². The van der Waals surface area contributed by atoms with Crippen LogP contribution in [0.3, 0.4) is 0 Å². The summed E-state index contributed by atoms with van der Waals surface area (Å²) in [6.45, 7) is 1.42. The van der Waals surface area contributed by atoms with Crippen LogP contribution in [-0.2, 0) is 28.4 Å². The Kier molecular flexibility index (Phi) is 14.1. The number of methoxy groups -OCH3 is 6. The number of ether oxygens (including phenoxy) is 6. The van der Waals surface area contributed by atoms with Crippen LogP contribution in [0.5, 0.6) is 0 Å². The zero-order valence-corrected chi connectivity index (χ0v) is 16.9. The fourth-order valence-electron chi connectivity index (χ4n) is 2.16. The van der Waals surface area contributed by atoms with Crippen LogP contribution in [-0.4, -0.2) is 98.0 Å². The number of aromatic nitrogens is 3. The highest BCUT2D eigenvalue weighted by molar-refractivity contribution is 5.45. The largest absolute Gasteiger partial charge is 0.364 e. The van der Waals surface area contributed by atoms with E-state index in [1.807, 2.05) is 0 Å². The Bertz CT molecular complexity index is 425. The molecule has 0 atom stereocenters. The fourth-order valence-corrected chi connectivity index (χ4v) is 2.16. The van der Waals surface area contributed by atoms with E-state index < -0.39 is 0 Å². The molecule has 0 amide bonds. The van der Waals surface area contributed by atoms with Gasteiger partial charge in [-0.2, -0.15) is 15.0 Å². The van der Waals surface area contributed by atoms with E-state index in [2.05, 4.69) is 15.0 Å². The molecule has 1 aromatic rings. The minimum Gasteiger partial charge on any atom is -0.364 e. The van der Waals surface area contributed by atoms with Crippen molar-refractivity contribution >= 4 is 17.8 Å². The Hall–Kier alpha value is -1.83. The lowest BCUT2D eigenvalue weighted by Gasteiger charge is -2.27. The second kappa shape index (κ2) is 15.1. The molecule has 1 rings (SSSR count). The van der Waals surface area contributed by atoms with Crippen molar-refractivity contribution in [1.82, 2.24) is 15.0 Å². The maximum Gasteiger partial charge on any atom is 0.235 e. The minimum absolute atomic E-state index is 0. The highest BCUT2D eigenvalue weighted by atomic mass is 16.5. The van der Waals surface area contributed by atoms with E-state index in [0.29, 0.717) is 17.8 Å². The average Bonchev–Trinajstić information content (AvgIpc) is 2.67. The van der Waals surface area contributed by atoms with Crippen LogP contribution in [0, 0.1) is 0 Å². The third kappa shape index (κ3) is 8.04. The Morgan fingerprint density at radius 3 is 0.786 bits per heavy atom. The molecule has 0 saturated heterocycles. The van der Waals surface area contributed by atoms with Gasteiger partial charge in [0.2, 0.25) is 17.8 Å². The zero-order valence-electron chi connectivity index (χ0n) is 16.9. The maximum atomic E-state index is 5.22. The van der Waals surface area contributed by atoms with Crippen LogP contribution in [0.15, 0.2) is 0 Å². The summed E-state index contributed by atoms with van der Waals surface area (Å²) in [5.41, 5.74) is 0. The molecule has 0 aliphatic heterocycles. The molecule has 12 heteroatoms. The Morgan fingerprint density at radius 1 is 0.464 bits per heavy atom. The van der Waals surface area contributed by atoms with Crippen molar-refractivity contribution in [3.63, 3.8) is 0 Å². The number of nitrogens with zero attached hydrogens (tertiary/aromatic N) is 6. The van der Waals surface area contributed by atoms with Gasteiger partial charge in [0.1, 0.15) is 40.4 Å². The summed E-state index contributed by atoms with van der Waals surface area (Å²) in [5, 5.41) is 0. The van der Waals surface area contributed by atoms with Crippen LogP contribution in [0.25, 0.3) is 0 Å². The molecule has 1 aromatic heterocycles. The van der Waals surface area contributed by atoms with Crippen LogP contribution in [0.1, 0.15) is 7.43 Å². The standard InChI is InChI=1S/C15H30N6O6.CH4/c1-22-7-19(8-23-2)13-16-14(20(9-24-3)10-25-4)18-15(17-13)21(11-26-5)12-27-6;/h7-12H2,1-6H3;1H4. The van der Waals surface area contributed by atoms with Crippen molar-refractivity contribution in [3.8, 4) is 0 Å². The first kappa shape index (κ1) is 26.2. The molecule has 12 nitrogen and oxygen atoms in total. The molecule has 0 radical (unpaired) electrons. The average molecular weight is 406 g/mol. The second-order valence-corrected chi connectivity index (χ2v) is 5.36. The number of hydrogen-bond donors (Lipinski definition) is 0. The van der Waals surface area contributed by atoms with E-state index in [9.17, 15) is 0 Å². The molecule has 0 fully saturated rings. The predicted octanol–water partition coefficient (Wildman–Crippen LogP) is 0.550. The molecular weight excluding hydrogens is 372 g/mol. The molecule has 1 heterocycles. The van der Waals surface area contributed by atoms with Gasteiger partial charge >= 0.3 is 0 Å². The minimum atomic E-state index is 0. The van der Waals surface area contributed by atoms with Crippen molar-refractivity contribution in [1.29, 1.82) is 0 Å². The van der Waals surface area contributed by atoms with Crippen molar-refractivity contribution in [3.05, 3.63) is 0 Å². The van der Waals surface area contributed by atoms with Crippen LogP contribution < -0.4 is 14.7 Å². The molecule has 0 bridgehead atoms. The van der Waals surface area contributed by atoms with Crippen LogP contribution in [0.4, 0.5) is 17.8 Å². The summed E-state index contributed by atoms with van der Waals surface area (Å²) in [6.07, 6.45) is 0. The van der Waals surface area contributed by atoms with Gasteiger partial charge < -0.3 is 28.4 Å². The molecule has 0 aromatic carbocycles. The van der Waals surface area contributed by atoms with E-state index in [1.54, 1.807) is 57.4 Å². The van der Waals surface area contributed by atoms with Gasteiger partial charge in [-0.15, -0.1) is 0 Å².